The lowest BCUT2D eigenvalue weighted by molar-refractivity contribution is 0.410. The first-order valence-corrected chi connectivity index (χ1v) is 5.90. The molecule has 0 radical (unpaired) electrons. The van der Waals surface area contributed by atoms with Crippen LogP contribution in [-0.4, -0.2) is 29.0 Å². The smallest absolute Gasteiger partial charge is 0.328 e. The highest BCUT2D eigenvalue weighted by Crippen LogP contribution is 2.25. The summed E-state index contributed by atoms with van der Waals surface area (Å²) < 4.78 is 18.9. The molecule has 0 aliphatic heterocycles. The van der Waals surface area contributed by atoms with E-state index in [4.69, 9.17) is 22.2 Å². The Balaban J connectivity index is 2.34. The molecule has 0 bridgehead atoms. The lowest BCUT2D eigenvalue weighted by atomic mass is 10.3. The second-order valence-electron chi connectivity index (χ2n) is 3.96. The van der Waals surface area contributed by atoms with Gasteiger partial charge in [-0.15, -0.1) is 0 Å². The van der Waals surface area contributed by atoms with Gasteiger partial charge in [0.1, 0.15) is 0 Å². The summed E-state index contributed by atoms with van der Waals surface area (Å²) in [7, 11) is 3.48. The molecule has 106 valence electrons. The monoisotopic (exact) mass is 298 g/mol. The van der Waals surface area contributed by atoms with E-state index in [1.807, 2.05) is 0 Å². The van der Waals surface area contributed by atoms with Crippen LogP contribution in [0.1, 0.15) is 0 Å². The maximum atomic E-state index is 13.6. The molecule has 20 heavy (non-hydrogen) atoms. The average Bonchev–Trinajstić information content (AvgIpc) is 2.41. The van der Waals surface area contributed by atoms with Crippen LogP contribution < -0.4 is 20.9 Å². The zero-order valence-corrected chi connectivity index (χ0v) is 11.5. The van der Waals surface area contributed by atoms with Crippen molar-refractivity contribution in [2.45, 2.75) is 0 Å². The zero-order valence-electron chi connectivity index (χ0n) is 10.8. The van der Waals surface area contributed by atoms with Gasteiger partial charge in [-0.3, -0.25) is 5.43 Å². The first-order chi connectivity index (χ1) is 9.49. The second-order valence-corrected chi connectivity index (χ2v) is 4.39. The summed E-state index contributed by atoms with van der Waals surface area (Å²) in [6.45, 7) is 0. The van der Waals surface area contributed by atoms with Crippen molar-refractivity contribution >= 4 is 23.5 Å². The van der Waals surface area contributed by atoms with Crippen molar-refractivity contribution in [1.82, 2.24) is 15.0 Å². The molecule has 2 rings (SSSR count). The molecule has 0 aliphatic carbocycles. The van der Waals surface area contributed by atoms with Crippen LogP contribution in [0, 0.1) is 5.82 Å². The molecule has 0 saturated heterocycles. The number of hydrogen-bond donors (Lipinski definition) is 2. The van der Waals surface area contributed by atoms with Gasteiger partial charge in [-0.2, -0.15) is 15.0 Å². The van der Waals surface area contributed by atoms with E-state index in [0.29, 0.717) is 5.95 Å². The lowest BCUT2D eigenvalue weighted by Crippen LogP contribution is -2.17. The molecule has 1 aromatic heterocycles. The van der Waals surface area contributed by atoms with Crippen molar-refractivity contribution in [2.24, 2.45) is 5.84 Å². The molecule has 0 unspecified atom stereocenters. The number of rotatable bonds is 4. The number of hydrazine groups is 1. The minimum atomic E-state index is -0.619. The fourth-order valence-electron chi connectivity index (χ4n) is 1.31. The van der Waals surface area contributed by atoms with E-state index >= 15 is 0 Å². The van der Waals surface area contributed by atoms with Gasteiger partial charge >= 0.3 is 6.01 Å². The summed E-state index contributed by atoms with van der Waals surface area (Å²) in [5.41, 5.74) is 2.29. The van der Waals surface area contributed by atoms with Crippen LogP contribution >= 0.6 is 11.6 Å². The van der Waals surface area contributed by atoms with Crippen molar-refractivity contribution in [3.8, 4) is 11.8 Å². The number of ether oxygens (including phenoxy) is 1. The molecule has 3 N–H and O–H groups in total. The van der Waals surface area contributed by atoms with Gasteiger partial charge in [0.15, 0.2) is 11.6 Å². The number of nitrogens with zero attached hydrogens (tertiary/aromatic N) is 4. The topological polar surface area (TPSA) is 89.2 Å². The minimum Gasteiger partial charge on any atom is -0.421 e. The molecule has 0 amide bonds. The molecule has 1 heterocycles. The highest BCUT2D eigenvalue weighted by molar-refractivity contribution is 6.30. The Kier molecular flexibility index (Phi) is 4.16. The molecule has 7 nitrogen and oxygen atoms in total. The number of nitrogen functional groups attached to an aromatic ring is 1. The van der Waals surface area contributed by atoms with Gasteiger partial charge in [-0.25, -0.2) is 10.2 Å². The number of aromatic nitrogens is 3. The summed E-state index contributed by atoms with van der Waals surface area (Å²) >= 11 is 5.66. The van der Waals surface area contributed by atoms with Crippen LogP contribution in [0.4, 0.5) is 16.3 Å². The molecular formula is C11H12ClFN6O. The van der Waals surface area contributed by atoms with Crippen LogP contribution in [0.25, 0.3) is 0 Å². The SMILES string of the molecule is CN(C)c1nc(NN)nc(Oc2ccc(Cl)cc2F)n1. The third-order valence-electron chi connectivity index (χ3n) is 2.23. The van der Waals surface area contributed by atoms with E-state index in [9.17, 15) is 4.39 Å². The average molecular weight is 299 g/mol. The van der Waals surface area contributed by atoms with Crippen LogP contribution in [0.3, 0.4) is 0 Å². The fourth-order valence-corrected chi connectivity index (χ4v) is 1.47. The normalized spacial score (nSPS) is 10.2. The Hall–Kier alpha value is -2.19. The van der Waals surface area contributed by atoms with Gasteiger partial charge in [0.2, 0.25) is 11.9 Å². The van der Waals surface area contributed by atoms with E-state index in [1.54, 1.807) is 19.0 Å². The predicted molar refractivity (Wildman–Crippen MR) is 73.4 cm³/mol. The van der Waals surface area contributed by atoms with Crippen molar-refractivity contribution in [2.75, 3.05) is 24.4 Å². The largest absolute Gasteiger partial charge is 0.421 e. The van der Waals surface area contributed by atoms with Gasteiger partial charge in [0, 0.05) is 19.1 Å². The van der Waals surface area contributed by atoms with E-state index < -0.39 is 5.82 Å². The van der Waals surface area contributed by atoms with Crippen LogP contribution in [0.2, 0.25) is 5.02 Å². The lowest BCUT2D eigenvalue weighted by Gasteiger charge is -2.12. The van der Waals surface area contributed by atoms with Crippen molar-refractivity contribution in [3.63, 3.8) is 0 Å². The van der Waals surface area contributed by atoms with Gasteiger partial charge in [-0.05, 0) is 18.2 Å². The maximum absolute atomic E-state index is 13.6. The zero-order chi connectivity index (χ0) is 14.7. The van der Waals surface area contributed by atoms with E-state index in [-0.39, 0.29) is 22.7 Å². The van der Waals surface area contributed by atoms with Gasteiger partial charge < -0.3 is 9.64 Å². The number of benzene rings is 1. The number of anilines is 2. The highest BCUT2D eigenvalue weighted by Gasteiger charge is 2.12. The molecule has 0 saturated carbocycles. The number of halogens is 2. The molecule has 1 aromatic carbocycles. The summed E-state index contributed by atoms with van der Waals surface area (Å²) in [4.78, 5) is 13.5. The van der Waals surface area contributed by atoms with Gasteiger partial charge in [0.05, 0.1) is 0 Å². The summed E-state index contributed by atoms with van der Waals surface area (Å²) in [6.07, 6.45) is 0. The molecule has 0 aliphatic rings. The quantitative estimate of drug-likeness (QED) is 0.657. The highest BCUT2D eigenvalue weighted by atomic mass is 35.5. The summed E-state index contributed by atoms with van der Waals surface area (Å²) in [5.74, 6) is 5.02. The van der Waals surface area contributed by atoms with Gasteiger partial charge in [0.25, 0.3) is 0 Å². The Morgan fingerprint density at radius 1 is 1.30 bits per heavy atom. The van der Waals surface area contributed by atoms with Crippen LogP contribution in [0.15, 0.2) is 18.2 Å². The maximum Gasteiger partial charge on any atom is 0.328 e. The first-order valence-electron chi connectivity index (χ1n) is 5.52. The first kappa shape index (κ1) is 14.2. The Labute approximate surface area is 119 Å². The van der Waals surface area contributed by atoms with Crippen LogP contribution in [-0.2, 0) is 0 Å². The Bertz CT molecular complexity index is 624. The van der Waals surface area contributed by atoms with Gasteiger partial charge in [-0.1, -0.05) is 11.6 Å². The standard InChI is InChI=1S/C11H12ClFN6O/c1-19(2)10-15-9(18-14)16-11(17-10)20-8-4-3-6(12)5-7(8)13/h3-5H,14H2,1-2H3,(H,15,16,17,18). The number of nitrogens with two attached hydrogens (primary N) is 1. The third-order valence-corrected chi connectivity index (χ3v) is 2.46. The van der Waals surface area contributed by atoms with Crippen LogP contribution in [0.5, 0.6) is 11.8 Å². The molecule has 0 atom stereocenters. The van der Waals surface area contributed by atoms with E-state index in [2.05, 4.69) is 20.4 Å². The third kappa shape index (κ3) is 3.22. The summed E-state index contributed by atoms with van der Waals surface area (Å²) in [5, 5.41) is 0.267. The Morgan fingerprint density at radius 3 is 2.65 bits per heavy atom. The minimum absolute atomic E-state index is 0.0479. The number of hydrogen-bond acceptors (Lipinski definition) is 7. The Morgan fingerprint density at radius 2 is 2.05 bits per heavy atom. The number of nitrogens with one attached hydrogen (secondary N) is 1. The fraction of sp³-hybridized carbons (Fsp3) is 0.182. The molecular weight excluding hydrogens is 287 g/mol. The molecule has 9 heteroatoms. The van der Waals surface area contributed by atoms with Crippen molar-refractivity contribution < 1.29 is 9.13 Å². The summed E-state index contributed by atoms with van der Waals surface area (Å²) in [6, 6.07) is 3.92. The van der Waals surface area contributed by atoms with E-state index in [0.717, 1.165) is 6.07 Å². The molecule has 0 fully saturated rings. The molecule has 0 spiro atoms. The van der Waals surface area contributed by atoms with Crippen molar-refractivity contribution in [1.29, 1.82) is 0 Å². The van der Waals surface area contributed by atoms with Crippen molar-refractivity contribution in [3.05, 3.63) is 29.0 Å². The second kappa shape index (κ2) is 5.85. The molecule has 2 aromatic rings. The predicted octanol–water partition coefficient (Wildman–Crippen LogP) is 1.81. The van der Waals surface area contributed by atoms with E-state index in [1.165, 1.54) is 12.1 Å².